The SMILES string of the molecule is CCNC(=NCc1cnn(C)c1)N1CCN(C(C)C(F)(F)F)CC1. The fourth-order valence-electron chi connectivity index (χ4n) is 2.67. The molecule has 0 saturated carbocycles. The van der Waals surface area contributed by atoms with E-state index >= 15 is 0 Å². The number of hydrogen-bond donors (Lipinski definition) is 1. The van der Waals surface area contributed by atoms with Gasteiger partial charge in [-0.15, -0.1) is 0 Å². The molecule has 1 aliphatic heterocycles. The second-order valence-corrected chi connectivity index (χ2v) is 5.93. The fraction of sp³-hybridized carbons (Fsp3) is 0.733. The van der Waals surface area contributed by atoms with E-state index in [0.29, 0.717) is 39.3 Å². The Bertz CT molecular complexity index is 546. The molecule has 0 radical (unpaired) electrons. The second-order valence-electron chi connectivity index (χ2n) is 5.93. The first-order valence-corrected chi connectivity index (χ1v) is 8.12. The van der Waals surface area contributed by atoms with Crippen LogP contribution >= 0.6 is 0 Å². The zero-order valence-corrected chi connectivity index (χ0v) is 14.3. The number of aromatic nitrogens is 2. The van der Waals surface area contributed by atoms with E-state index < -0.39 is 12.2 Å². The Hall–Kier alpha value is -1.77. The van der Waals surface area contributed by atoms with Gasteiger partial charge in [-0.2, -0.15) is 18.3 Å². The largest absolute Gasteiger partial charge is 0.403 e. The quantitative estimate of drug-likeness (QED) is 0.662. The van der Waals surface area contributed by atoms with Crippen molar-refractivity contribution < 1.29 is 13.2 Å². The van der Waals surface area contributed by atoms with Gasteiger partial charge in [0.1, 0.15) is 6.04 Å². The molecular weight excluding hydrogens is 321 g/mol. The monoisotopic (exact) mass is 346 g/mol. The standard InChI is InChI=1S/C15H25F3N6/c1-4-19-14(20-9-13-10-21-22(3)11-13)24-7-5-23(6-8-24)12(2)15(16,17)18/h10-12H,4-9H2,1-3H3,(H,19,20). The summed E-state index contributed by atoms with van der Waals surface area (Å²) < 4.78 is 40.2. The van der Waals surface area contributed by atoms with Crippen molar-refractivity contribution in [1.29, 1.82) is 0 Å². The Kier molecular flexibility index (Phi) is 6.09. The number of piperazine rings is 1. The van der Waals surface area contributed by atoms with Crippen LogP contribution in [0.1, 0.15) is 19.4 Å². The Balaban J connectivity index is 1.95. The number of alkyl halides is 3. The number of aryl methyl sites for hydroxylation is 1. The summed E-state index contributed by atoms with van der Waals surface area (Å²) in [5, 5.41) is 7.32. The van der Waals surface area contributed by atoms with Gasteiger partial charge in [-0.1, -0.05) is 0 Å². The maximum Gasteiger partial charge on any atom is 0.403 e. The molecule has 0 bridgehead atoms. The zero-order valence-electron chi connectivity index (χ0n) is 14.3. The van der Waals surface area contributed by atoms with Gasteiger partial charge in [-0.05, 0) is 13.8 Å². The minimum absolute atomic E-state index is 0.373. The highest BCUT2D eigenvalue weighted by Crippen LogP contribution is 2.25. The molecule has 1 N–H and O–H groups in total. The molecule has 0 spiro atoms. The van der Waals surface area contributed by atoms with Crippen LogP contribution in [-0.2, 0) is 13.6 Å². The van der Waals surface area contributed by atoms with Crippen molar-refractivity contribution in [1.82, 2.24) is 24.9 Å². The average molecular weight is 346 g/mol. The van der Waals surface area contributed by atoms with Gasteiger partial charge in [0.2, 0.25) is 0 Å². The number of nitrogens with zero attached hydrogens (tertiary/aromatic N) is 5. The number of nitrogens with one attached hydrogen (secondary N) is 1. The Morgan fingerprint density at radius 1 is 1.33 bits per heavy atom. The smallest absolute Gasteiger partial charge is 0.357 e. The van der Waals surface area contributed by atoms with E-state index in [2.05, 4.69) is 15.4 Å². The molecule has 6 nitrogen and oxygen atoms in total. The molecule has 0 amide bonds. The molecule has 1 aliphatic rings. The molecule has 0 aromatic carbocycles. The van der Waals surface area contributed by atoms with E-state index in [9.17, 15) is 13.2 Å². The lowest BCUT2D eigenvalue weighted by atomic mass is 10.2. The number of aliphatic imine (C=N–C) groups is 1. The van der Waals surface area contributed by atoms with E-state index in [1.807, 2.05) is 25.1 Å². The molecule has 136 valence electrons. The highest BCUT2D eigenvalue weighted by molar-refractivity contribution is 5.80. The third-order valence-electron chi connectivity index (χ3n) is 4.14. The predicted molar refractivity (Wildman–Crippen MR) is 86.7 cm³/mol. The van der Waals surface area contributed by atoms with Crippen molar-refractivity contribution in [2.45, 2.75) is 32.6 Å². The van der Waals surface area contributed by atoms with Gasteiger partial charge < -0.3 is 10.2 Å². The molecule has 1 atom stereocenters. The van der Waals surface area contributed by atoms with Crippen LogP contribution in [0.15, 0.2) is 17.4 Å². The van der Waals surface area contributed by atoms with Crippen molar-refractivity contribution in [2.24, 2.45) is 12.0 Å². The summed E-state index contributed by atoms with van der Waals surface area (Å²) in [6, 6.07) is -1.41. The van der Waals surface area contributed by atoms with Crippen LogP contribution in [0.3, 0.4) is 0 Å². The lowest BCUT2D eigenvalue weighted by Gasteiger charge is -2.39. The van der Waals surface area contributed by atoms with Gasteiger partial charge in [0.15, 0.2) is 5.96 Å². The van der Waals surface area contributed by atoms with Crippen LogP contribution in [0.2, 0.25) is 0 Å². The van der Waals surface area contributed by atoms with Crippen LogP contribution in [-0.4, -0.2) is 70.5 Å². The third-order valence-corrected chi connectivity index (χ3v) is 4.14. The Labute approximate surface area is 140 Å². The highest BCUT2D eigenvalue weighted by Gasteiger charge is 2.41. The van der Waals surface area contributed by atoms with Gasteiger partial charge in [-0.3, -0.25) is 9.58 Å². The molecular formula is C15H25F3N6. The van der Waals surface area contributed by atoms with Gasteiger partial charge in [0, 0.05) is 51.5 Å². The lowest BCUT2D eigenvalue weighted by Crippen LogP contribution is -2.56. The zero-order chi connectivity index (χ0) is 17.7. The van der Waals surface area contributed by atoms with Crippen molar-refractivity contribution in [3.63, 3.8) is 0 Å². The van der Waals surface area contributed by atoms with Gasteiger partial charge in [0.25, 0.3) is 0 Å². The second kappa shape index (κ2) is 7.87. The third kappa shape index (κ3) is 4.86. The predicted octanol–water partition coefficient (Wildman–Crippen LogP) is 1.45. The summed E-state index contributed by atoms with van der Waals surface area (Å²) in [5.74, 6) is 0.737. The molecule has 9 heteroatoms. The highest BCUT2D eigenvalue weighted by atomic mass is 19.4. The van der Waals surface area contributed by atoms with Gasteiger partial charge >= 0.3 is 6.18 Å². The Morgan fingerprint density at radius 3 is 2.50 bits per heavy atom. The lowest BCUT2D eigenvalue weighted by molar-refractivity contribution is -0.181. The van der Waals surface area contributed by atoms with Gasteiger partial charge in [-0.25, -0.2) is 4.99 Å². The molecule has 0 aliphatic carbocycles. The summed E-state index contributed by atoms with van der Waals surface area (Å²) in [6.07, 6.45) is -0.521. The first kappa shape index (κ1) is 18.6. The Morgan fingerprint density at radius 2 is 2.00 bits per heavy atom. The fourth-order valence-corrected chi connectivity index (χ4v) is 2.67. The summed E-state index contributed by atoms with van der Waals surface area (Å²) in [4.78, 5) is 8.06. The van der Waals surface area contributed by atoms with Crippen LogP contribution < -0.4 is 5.32 Å². The van der Waals surface area contributed by atoms with Gasteiger partial charge in [0.05, 0.1) is 12.7 Å². The molecule has 1 aromatic heterocycles. The van der Waals surface area contributed by atoms with E-state index in [4.69, 9.17) is 0 Å². The van der Waals surface area contributed by atoms with Crippen molar-refractivity contribution >= 4 is 5.96 Å². The number of rotatable bonds is 4. The molecule has 1 fully saturated rings. The molecule has 2 heterocycles. The molecule has 1 unspecified atom stereocenters. The van der Waals surface area contributed by atoms with E-state index in [0.717, 1.165) is 11.5 Å². The van der Waals surface area contributed by atoms with Crippen LogP contribution in [0.4, 0.5) is 13.2 Å². The number of halogens is 3. The minimum atomic E-state index is -4.18. The minimum Gasteiger partial charge on any atom is -0.357 e. The summed E-state index contributed by atoms with van der Waals surface area (Å²) in [7, 11) is 1.85. The van der Waals surface area contributed by atoms with Crippen LogP contribution in [0.5, 0.6) is 0 Å². The van der Waals surface area contributed by atoms with Crippen LogP contribution in [0, 0.1) is 0 Å². The van der Waals surface area contributed by atoms with Crippen LogP contribution in [0.25, 0.3) is 0 Å². The van der Waals surface area contributed by atoms with Crippen molar-refractivity contribution in [3.05, 3.63) is 18.0 Å². The van der Waals surface area contributed by atoms with Crippen molar-refractivity contribution in [3.8, 4) is 0 Å². The summed E-state index contributed by atoms with van der Waals surface area (Å²) >= 11 is 0. The maximum atomic E-state index is 12.8. The molecule has 24 heavy (non-hydrogen) atoms. The summed E-state index contributed by atoms with van der Waals surface area (Å²) in [5.41, 5.74) is 0.997. The first-order valence-electron chi connectivity index (χ1n) is 8.12. The summed E-state index contributed by atoms with van der Waals surface area (Å²) in [6.45, 7) is 6.20. The number of hydrogen-bond acceptors (Lipinski definition) is 3. The average Bonchev–Trinajstić information content (AvgIpc) is 2.95. The van der Waals surface area contributed by atoms with E-state index in [-0.39, 0.29) is 0 Å². The van der Waals surface area contributed by atoms with Crippen molar-refractivity contribution in [2.75, 3.05) is 32.7 Å². The topological polar surface area (TPSA) is 48.7 Å². The maximum absolute atomic E-state index is 12.8. The van der Waals surface area contributed by atoms with E-state index in [1.54, 1.807) is 10.9 Å². The number of guanidine groups is 1. The molecule has 2 rings (SSSR count). The van der Waals surface area contributed by atoms with E-state index in [1.165, 1.54) is 11.8 Å². The normalized spacial score (nSPS) is 18.8. The first-order chi connectivity index (χ1) is 11.3. The molecule has 1 saturated heterocycles. The molecule has 1 aromatic rings.